The largest absolute Gasteiger partial charge is 0.478 e. The maximum Gasteiger partial charge on any atom is 0.335 e. The Hall–Kier alpha value is -3.48. The van der Waals surface area contributed by atoms with Crippen molar-refractivity contribution in [2.24, 2.45) is 74.7 Å². The summed E-state index contributed by atoms with van der Waals surface area (Å²) in [4.78, 5) is 30.7. The van der Waals surface area contributed by atoms with Crippen molar-refractivity contribution in [2.45, 2.75) is 130 Å². The van der Waals surface area contributed by atoms with Crippen LogP contribution < -0.4 is 11.1 Å². The summed E-state index contributed by atoms with van der Waals surface area (Å²) >= 11 is 0. The molecule has 6 aliphatic carbocycles. The topological polar surface area (TPSA) is 199 Å². The minimum absolute atomic E-state index is 0.0225. The van der Waals surface area contributed by atoms with E-state index < -0.39 is 5.97 Å². The number of carboxylic acid groups (broad SMARTS) is 1. The summed E-state index contributed by atoms with van der Waals surface area (Å²) in [5.74, 6) is 2.36. The van der Waals surface area contributed by atoms with E-state index in [1.165, 1.54) is 54.9 Å². The summed E-state index contributed by atoms with van der Waals surface area (Å²) in [6, 6.07) is 6.40. The number of fused-ring (bicyclic) bond motifs is 2. The molecule has 11 nitrogen and oxygen atoms in total. The average Bonchev–Trinajstić information content (AvgIpc) is 3.77. The molecule has 63 heavy (non-hydrogen) atoms. The molecule has 6 fully saturated rings. The van der Waals surface area contributed by atoms with Gasteiger partial charge in [-0.15, -0.1) is 0 Å². The highest BCUT2D eigenvalue weighted by Crippen LogP contribution is 2.65. The fourth-order valence-corrected chi connectivity index (χ4v) is 14.3. The predicted octanol–water partition coefficient (Wildman–Crippen LogP) is 7.85. The first-order valence-corrected chi connectivity index (χ1v) is 23.9. The Morgan fingerprint density at radius 3 is 1.51 bits per heavy atom. The minimum atomic E-state index is -0.919. The zero-order valence-electron chi connectivity index (χ0n) is 38.6. The molecule has 0 bridgehead atoms. The molecule has 0 radical (unpaired) electrons. The molecule has 348 valence electrons. The molecule has 11 heteroatoms. The fourth-order valence-electron chi connectivity index (χ4n) is 14.3. The number of hydrogen-bond donors (Lipinski definition) is 7. The number of pyridine rings is 2. The standard InChI is InChI=1S/C26H38N2O3.C20H35NO2.C6H5NO2/c1-17-4-5-22-21(15-28-24(31)18-8-12-27-13-9-18)23(7-11-25(17,22)2)26(3)10-6-20(30)14-19(26)16-29;1-13-4-5-17-16(11-21)18(7-9-19(13,17)2)20(3)8-6-15(23)10-14(20)12-22;8-6(9)5-1-3-7-4-2-5/h8-9,12-13,19-23,29-30H,1,4-7,10-11,14-16H2,2-3H3,(H,28,31);14-18,22-23H,1,4-12,21H2,2-3H3;1-4H,(H,8,9)/t19-,20+,21+,22+,23+,25-,26+;14-,15+,16+,17+,18+,19-,20+;/m11./s1. The number of nitrogens with two attached hydrogens (primary N) is 1. The Bertz CT molecular complexity index is 1880. The van der Waals surface area contributed by atoms with Crippen LogP contribution >= 0.6 is 0 Å². The summed E-state index contributed by atoms with van der Waals surface area (Å²) in [6.07, 6.45) is 19.9. The zero-order chi connectivity index (χ0) is 45.7. The predicted molar refractivity (Wildman–Crippen MR) is 246 cm³/mol. The molecule has 0 aliphatic heterocycles. The number of allylic oxidation sites excluding steroid dienone is 2. The number of nitrogens with one attached hydrogen (secondary N) is 1. The number of carbonyl (C=O) groups excluding carboxylic acids is 1. The van der Waals surface area contributed by atoms with Gasteiger partial charge in [0, 0.05) is 50.1 Å². The van der Waals surface area contributed by atoms with Crippen LogP contribution in [0.15, 0.2) is 73.4 Å². The van der Waals surface area contributed by atoms with E-state index >= 15 is 0 Å². The first-order chi connectivity index (χ1) is 30.0. The average molecular weight is 871 g/mol. The first kappa shape index (κ1) is 49.0. The fraction of sp³-hybridized carbons (Fsp3) is 0.692. The first-order valence-electron chi connectivity index (χ1n) is 23.9. The lowest BCUT2D eigenvalue weighted by atomic mass is 9.49. The van der Waals surface area contributed by atoms with Gasteiger partial charge in [0.2, 0.25) is 0 Å². The molecular weight excluding hydrogens is 793 g/mol. The number of carboxylic acids is 1. The minimum Gasteiger partial charge on any atom is -0.478 e. The van der Waals surface area contributed by atoms with Crippen LogP contribution in [-0.2, 0) is 0 Å². The Morgan fingerprint density at radius 2 is 1.10 bits per heavy atom. The lowest BCUT2D eigenvalue weighted by Crippen LogP contribution is -2.53. The van der Waals surface area contributed by atoms with Gasteiger partial charge in [-0.3, -0.25) is 14.8 Å². The highest BCUT2D eigenvalue weighted by atomic mass is 16.4. The SMILES string of the molecule is C=C1CC[C@H]2[C@H](CN)[C@@H]([C@@]3(C)CC[C@H](O)C[C@@H]3CO)CC[C@]12C.C=C1CC[C@H]2[C@H](CNC(=O)c3ccncc3)[C@@H]([C@@]3(C)CC[C@H](O)C[C@@H]3CO)CC[C@]12C.O=C(O)c1ccncc1. The smallest absolute Gasteiger partial charge is 0.335 e. The van der Waals surface area contributed by atoms with E-state index in [1.807, 2.05) is 0 Å². The maximum absolute atomic E-state index is 12.8. The van der Waals surface area contributed by atoms with Crippen molar-refractivity contribution >= 4 is 11.9 Å². The quantitative estimate of drug-likeness (QED) is 0.122. The van der Waals surface area contributed by atoms with E-state index in [0.717, 1.165) is 70.8 Å². The van der Waals surface area contributed by atoms with Gasteiger partial charge in [-0.1, -0.05) is 52.0 Å². The van der Waals surface area contributed by atoms with Gasteiger partial charge in [0.25, 0.3) is 5.91 Å². The third-order valence-electron chi connectivity index (χ3n) is 18.6. The van der Waals surface area contributed by atoms with Crippen LogP contribution in [0.2, 0.25) is 0 Å². The van der Waals surface area contributed by atoms with Crippen molar-refractivity contribution in [3.8, 4) is 0 Å². The molecule has 2 heterocycles. The summed E-state index contributed by atoms with van der Waals surface area (Å²) < 4.78 is 0. The van der Waals surface area contributed by atoms with Crippen molar-refractivity contribution in [2.75, 3.05) is 26.3 Å². The lowest BCUT2D eigenvalue weighted by Gasteiger charge is -2.56. The van der Waals surface area contributed by atoms with Gasteiger partial charge < -0.3 is 36.6 Å². The van der Waals surface area contributed by atoms with Crippen LogP contribution in [-0.4, -0.2) is 85.9 Å². The van der Waals surface area contributed by atoms with Crippen LogP contribution in [0, 0.1) is 69.0 Å². The number of amides is 1. The van der Waals surface area contributed by atoms with Gasteiger partial charge in [0.1, 0.15) is 0 Å². The lowest BCUT2D eigenvalue weighted by molar-refractivity contribution is -0.0928. The summed E-state index contributed by atoms with van der Waals surface area (Å²) in [5.41, 5.74) is 10.5. The van der Waals surface area contributed by atoms with Crippen molar-refractivity contribution in [3.05, 3.63) is 84.5 Å². The number of rotatable bonds is 9. The second-order valence-electron chi connectivity index (χ2n) is 21.3. The van der Waals surface area contributed by atoms with Crippen LogP contribution in [0.3, 0.4) is 0 Å². The molecule has 8 N–H and O–H groups in total. The highest BCUT2D eigenvalue weighted by molar-refractivity contribution is 5.94. The number of hydrogen-bond acceptors (Lipinski definition) is 9. The Morgan fingerprint density at radius 1 is 0.667 bits per heavy atom. The highest BCUT2D eigenvalue weighted by Gasteiger charge is 2.58. The van der Waals surface area contributed by atoms with Gasteiger partial charge in [-0.05, 0) is 190 Å². The van der Waals surface area contributed by atoms with Crippen LogP contribution in [0.1, 0.15) is 138 Å². The molecule has 0 unspecified atom stereocenters. The molecular formula is C52H78N4O7. The number of aliphatic hydroxyl groups is 4. The normalized spacial score (nSPS) is 39.7. The zero-order valence-corrected chi connectivity index (χ0v) is 38.6. The second-order valence-corrected chi connectivity index (χ2v) is 21.3. The van der Waals surface area contributed by atoms with Gasteiger partial charge in [0.05, 0.1) is 17.8 Å². The second kappa shape index (κ2) is 20.4. The number of aliphatic hydroxyl groups excluding tert-OH is 4. The van der Waals surface area contributed by atoms with Gasteiger partial charge in [0.15, 0.2) is 0 Å². The van der Waals surface area contributed by atoms with E-state index in [9.17, 15) is 30.0 Å². The van der Waals surface area contributed by atoms with E-state index in [0.29, 0.717) is 54.0 Å². The third kappa shape index (κ3) is 9.89. The van der Waals surface area contributed by atoms with Crippen molar-refractivity contribution in [1.82, 2.24) is 15.3 Å². The Balaban J connectivity index is 0.000000180. The van der Waals surface area contributed by atoms with E-state index in [-0.39, 0.29) is 70.4 Å². The Kier molecular flexibility index (Phi) is 15.8. The summed E-state index contributed by atoms with van der Waals surface area (Å²) in [6.45, 7) is 19.9. The monoisotopic (exact) mass is 871 g/mol. The molecule has 0 spiro atoms. The van der Waals surface area contributed by atoms with Gasteiger partial charge in [-0.25, -0.2) is 4.79 Å². The third-order valence-corrected chi connectivity index (χ3v) is 18.6. The molecule has 0 aromatic carbocycles. The molecule has 0 saturated heterocycles. The van der Waals surface area contributed by atoms with Crippen LogP contribution in [0.4, 0.5) is 0 Å². The van der Waals surface area contributed by atoms with E-state index in [2.05, 4.69) is 56.1 Å². The molecule has 2 aromatic rings. The van der Waals surface area contributed by atoms with E-state index in [4.69, 9.17) is 10.8 Å². The van der Waals surface area contributed by atoms with E-state index in [1.54, 1.807) is 24.5 Å². The number of aromatic nitrogens is 2. The number of carbonyl (C=O) groups is 2. The molecule has 6 aliphatic rings. The molecule has 2 aromatic heterocycles. The van der Waals surface area contributed by atoms with Crippen LogP contribution in [0.5, 0.6) is 0 Å². The Labute approximate surface area is 376 Å². The van der Waals surface area contributed by atoms with Crippen molar-refractivity contribution in [1.29, 1.82) is 0 Å². The van der Waals surface area contributed by atoms with Crippen molar-refractivity contribution < 1.29 is 35.1 Å². The van der Waals surface area contributed by atoms with Gasteiger partial charge >= 0.3 is 5.97 Å². The molecule has 6 saturated carbocycles. The molecule has 8 rings (SSSR count). The molecule has 14 atom stereocenters. The van der Waals surface area contributed by atoms with Crippen molar-refractivity contribution in [3.63, 3.8) is 0 Å². The van der Waals surface area contributed by atoms with Crippen LogP contribution in [0.25, 0.3) is 0 Å². The summed E-state index contributed by atoms with van der Waals surface area (Å²) in [5, 5.41) is 52.0. The maximum atomic E-state index is 12.8. The van der Waals surface area contributed by atoms with Gasteiger partial charge in [-0.2, -0.15) is 0 Å². The number of aromatic carboxylic acids is 1. The molecule has 1 amide bonds. The summed E-state index contributed by atoms with van der Waals surface area (Å²) in [7, 11) is 0. The number of nitrogens with zero attached hydrogens (tertiary/aromatic N) is 2.